The maximum atomic E-state index is 12.2. The molecule has 3 nitrogen and oxygen atoms in total. The first-order valence-corrected chi connectivity index (χ1v) is 7.84. The molecule has 1 heterocycles. The molecule has 0 aromatic heterocycles. The molecule has 0 unspecified atom stereocenters. The summed E-state index contributed by atoms with van der Waals surface area (Å²) in [6.45, 7) is 2.36. The molecule has 1 aliphatic rings. The maximum Gasteiger partial charge on any atom is 0.251 e. The number of carbonyl (C=O) groups is 1. The van der Waals surface area contributed by atoms with E-state index in [2.05, 4.69) is 17.4 Å². The van der Waals surface area contributed by atoms with Crippen molar-refractivity contribution < 1.29 is 9.53 Å². The van der Waals surface area contributed by atoms with Gasteiger partial charge in [0, 0.05) is 25.3 Å². The molecule has 0 atom stereocenters. The fourth-order valence-corrected chi connectivity index (χ4v) is 2.73. The SMILES string of the molecule is O=C(NCC1CCOCC1)c1ccc(-c2ccccc2)cc1. The van der Waals surface area contributed by atoms with E-state index < -0.39 is 0 Å². The lowest BCUT2D eigenvalue weighted by Crippen LogP contribution is -2.32. The zero-order valence-electron chi connectivity index (χ0n) is 12.6. The molecule has 2 aromatic carbocycles. The Hall–Kier alpha value is -2.13. The Morgan fingerprint density at radius 3 is 2.27 bits per heavy atom. The third-order valence-electron chi connectivity index (χ3n) is 4.15. The van der Waals surface area contributed by atoms with Crippen molar-refractivity contribution in [1.82, 2.24) is 5.32 Å². The van der Waals surface area contributed by atoms with Crippen LogP contribution >= 0.6 is 0 Å². The molecule has 1 N–H and O–H groups in total. The van der Waals surface area contributed by atoms with Crippen LogP contribution in [0.3, 0.4) is 0 Å². The highest BCUT2D eigenvalue weighted by Crippen LogP contribution is 2.19. The minimum atomic E-state index is 0.00565. The molecule has 3 rings (SSSR count). The van der Waals surface area contributed by atoms with Crippen molar-refractivity contribution in [2.24, 2.45) is 5.92 Å². The van der Waals surface area contributed by atoms with Gasteiger partial charge in [-0.3, -0.25) is 4.79 Å². The Morgan fingerprint density at radius 1 is 0.955 bits per heavy atom. The Kier molecular flexibility index (Phi) is 4.86. The number of nitrogens with one attached hydrogen (secondary N) is 1. The fraction of sp³-hybridized carbons (Fsp3) is 0.316. The van der Waals surface area contributed by atoms with Gasteiger partial charge in [0.2, 0.25) is 0 Å². The minimum absolute atomic E-state index is 0.00565. The minimum Gasteiger partial charge on any atom is -0.381 e. The van der Waals surface area contributed by atoms with Crippen molar-refractivity contribution in [2.45, 2.75) is 12.8 Å². The summed E-state index contributed by atoms with van der Waals surface area (Å²) in [5, 5.41) is 3.03. The van der Waals surface area contributed by atoms with Crippen LogP contribution in [0.2, 0.25) is 0 Å². The van der Waals surface area contributed by atoms with E-state index in [0.29, 0.717) is 11.5 Å². The van der Waals surface area contributed by atoms with Crippen molar-refractivity contribution in [2.75, 3.05) is 19.8 Å². The van der Waals surface area contributed by atoms with Crippen LogP contribution in [0, 0.1) is 5.92 Å². The lowest BCUT2D eigenvalue weighted by Gasteiger charge is -2.22. The van der Waals surface area contributed by atoms with Crippen LogP contribution in [0.1, 0.15) is 23.2 Å². The number of amides is 1. The van der Waals surface area contributed by atoms with E-state index >= 15 is 0 Å². The summed E-state index contributed by atoms with van der Waals surface area (Å²) in [4.78, 5) is 12.2. The Morgan fingerprint density at radius 2 is 1.59 bits per heavy atom. The highest BCUT2D eigenvalue weighted by molar-refractivity contribution is 5.94. The van der Waals surface area contributed by atoms with Crippen molar-refractivity contribution in [3.05, 3.63) is 60.2 Å². The summed E-state index contributed by atoms with van der Waals surface area (Å²) in [6.07, 6.45) is 2.07. The van der Waals surface area contributed by atoms with Crippen LogP contribution in [0.5, 0.6) is 0 Å². The van der Waals surface area contributed by atoms with Gasteiger partial charge in [0.25, 0.3) is 5.91 Å². The van der Waals surface area contributed by atoms with Gasteiger partial charge in [-0.25, -0.2) is 0 Å². The Bertz CT molecular complexity index is 601. The zero-order chi connectivity index (χ0) is 15.2. The van der Waals surface area contributed by atoms with E-state index in [4.69, 9.17) is 4.74 Å². The largest absolute Gasteiger partial charge is 0.381 e. The lowest BCUT2D eigenvalue weighted by molar-refractivity contribution is 0.0642. The molecule has 1 amide bonds. The number of ether oxygens (including phenoxy) is 1. The van der Waals surface area contributed by atoms with Gasteiger partial charge in [0.05, 0.1) is 0 Å². The second-order valence-corrected chi connectivity index (χ2v) is 5.71. The molecule has 2 aromatic rings. The van der Waals surface area contributed by atoms with Gasteiger partial charge in [0.1, 0.15) is 0 Å². The first kappa shape index (κ1) is 14.8. The molecule has 1 aliphatic heterocycles. The summed E-state index contributed by atoms with van der Waals surface area (Å²) in [6, 6.07) is 18.0. The maximum absolute atomic E-state index is 12.2. The van der Waals surface area contributed by atoms with Crippen molar-refractivity contribution in [1.29, 1.82) is 0 Å². The third kappa shape index (κ3) is 3.74. The van der Waals surface area contributed by atoms with Gasteiger partial charge in [-0.15, -0.1) is 0 Å². The topological polar surface area (TPSA) is 38.3 Å². The second kappa shape index (κ2) is 7.23. The van der Waals surface area contributed by atoms with E-state index in [1.807, 2.05) is 42.5 Å². The van der Waals surface area contributed by atoms with Gasteiger partial charge in [-0.1, -0.05) is 42.5 Å². The molecular formula is C19H21NO2. The number of hydrogen-bond acceptors (Lipinski definition) is 2. The monoisotopic (exact) mass is 295 g/mol. The van der Waals surface area contributed by atoms with Crippen LogP contribution in [0.4, 0.5) is 0 Å². The smallest absolute Gasteiger partial charge is 0.251 e. The summed E-state index contributed by atoms with van der Waals surface area (Å²) >= 11 is 0. The van der Waals surface area contributed by atoms with E-state index in [1.54, 1.807) is 0 Å². The molecule has 3 heteroatoms. The zero-order valence-corrected chi connectivity index (χ0v) is 12.6. The number of rotatable bonds is 4. The van der Waals surface area contributed by atoms with Crippen molar-refractivity contribution in [3.8, 4) is 11.1 Å². The van der Waals surface area contributed by atoms with Gasteiger partial charge >= 0.3 is 0 Å². The molecule has 1 saturated heterocycles. The molecule has 0 aliphatic carbocycles. The van der Waals surface area contributed by atoms with Crippen LogP contribution in [0.25, 0.3) is 11.1 Å². The van der Waals surface area contributed by atoms with Crippen LogP contribution in [0.15, 0.2) is 54.6 Å². The predicted molar refractivity (Wildman–Crippen MR) is 87.8 cm³/mol. The first-order chi connectivity index (χ1) is 10.8. The lowest BCUT2D eigenvalue weighted by atomic mass is 10.00. The molecule has 0 radical (unpaired) electrons. The summed E-state index contributed by atoms with van der Waals surface area (Å²) in [7, 11) is 0. The van der Waals surface area contributed by atoms with E-state index in [0.717, 1.165) is 43.7 Å². The molecule has 0 saturated carbocycles. The van der Waals surface area contributed by atoms with Crippen LogP contribution in [-0.2, 0) is 4.74 Å². The third-order valence-corrected chi connectivity index (χ3v) is 4.15. The Balaban J connectivity index is 1.59. The molecule has 0 spiro atoms. The normalized spacial score (nSPS) is 15.5. The molecule has 0 bridgehead atoms. The average molecular weight is 295 g/mol. The van der Waals surface area contributed by atoms with Crippen LogP contribution in [-0.4, -0.2) is 25.7 Å². The van der Waals surface area contributed by atoms with Gasteiger partial charge < -0.3 is 10.1 Å². The van der Waals surface area contributed by atoms with Gasteiger partial charge in [-0.05, 0) is 42.0 Å². The van der Waals surface area contributed by atoms with E-state index in [1.165, 1.54) is 0 Å². The Labute approximate surface area is 131 Å². The number of hydrogen-bond donors (Lipinski definition) is 1. The van der Waals surface area contributed by atoms with Crippen molar-refractivity contribution in [3.63, 3.8) is 0 Å². The molecule has 1 fully saturated rings. The van der Waals surface area contributed by atoms with Gasteiger partial charge in [0.15, 0.2) is 0 Å². The molecule has 114 valence electrons. The molecular weight excluding hydrogens is 274 g/mol. The van der Waals surface area contributed by atoms with Crippen LogP contribution < -0.4 is 5.32 Å². The second-order valence-electron chi connectivity index (χ2n) is 5.71. The summed E-state index contributed by atoms with van der Waals surface area (Å²) < 4.78 is 5.33. The molecule has 22 heavy (non-hydrogen) atoms. The van der Waals surface area contributed by atoms with Crippen molar-refractivity contribution >= 4 is 5.91 Å². The highest BCUT2D eigenvalue weighted by atomic mass is 16.5. The van der Waals surface area contributed by atoms with E-state index in [-0.39, 0.29) is 5.91 Å². The number of carbonyl (C=O) groups excluding carboxylic acids is 1. The highest BCUT2D eigenvalue weighted by Gasteiger charge is 2.15. The predicted octanol–water partition coefficient (Wildman–Crippen LogP) is 3.51. The average Bonchev–Trinajstić information content (AvgIpc) is 2.61. The van der Waals surface area contributed by atoms with E-state index in [9.17, 15) is 4.79 Å². The fourth-order valence-electron chi connectivity index (χ4n) is 2.73. The van der Waals surface area contributed by atoms with Gasteiger partial charge in [-0.2, -0.15) is 0 Å². The first-order valence-electron chi connectivity index (χ1n) is 7.84. The number of benzene rings is 2. The summed E-state index contributed by atoms with van der Waals surface area (Å²) in [5.41, 5.74) is 3.00. The summed E-state index contributed by atoms with van der Waals surface area (Å²) in [5.74, 6) is 0.549. The standard InChI is InChI=1S/C19H21NO2/c21-19(20-14-15-10-12-22-13-11-15)18-8-6-17(7-9-18)16-4-2-1-3-5-16/h1-9,15H,10-14H2,(H,20,21). The quantitative estimate of drug-likeness (QED) is 0.937.